The highest BCUT2D eigenvalue weighted by Gasteiger charge is 2.35. The third-order valence-electron chi connectivity index (χ3n) is 5.69. The predicted octanol–water partition coefficient (Wildman–Crippen LogP) is 5.12. The van der Waals surface area contributed by atoms with E-state index in [9.17, 15) is 23.1 Å². The minimum absolute atomic E-state index is 0.164. The lowest BCUT2D eigenvalue weighted by molar-refractivity contribution is -0.138. The number of halogens is 3. The van der Waals surface area contributed by atoms with E-state index < -0.39 is 23.2 Å². The number of piperidine rings is 1. The van der Waals surface area contributed by atoms with Crippen molar-refractivity contribution in [3.8, 4) is 23.3 Å². The zero-order chi connectivity index (χ0) is 25.7. The molecule has 0 aromatic heterocycles. The number of aromatic hydroxyl groups is 1. The second kappa shape index (κ2) is 11.1. The first kappa shape index (κ1) is 25.6. The number of nitriles is 1. The van der Waals surface area contributed by atoms with E-state index in [0.29, 0.717) is 28.2 Å². The van der Waals surface area contributed by atoms with E-state index in [4.69, 9.17) is 10.00 Å². The zero-order valence-corrected chi connectivity index (χ0v) is 20.0. The third kappa shape index (κ3) is 6.38. The fourth-order valence-electron chi connectivity index (χ4n) is 3.87. The van der Waals surface area contributed by atoms with E-state index in [0.717, 1.165) is 25.7 Å². The van der Waals surface area contributed by atoms with Gasteiger partial charge in [0.1, 0.15) is 5.75 Å². The fraction of sp³-hybridized carbons (Fsp3) is 0.320. The molecule has 0 atom stereocenters. The molecular weight excluding hydrogens is 493 g/mol. The number of nitrogens with one attached hydrogen (secondary N) is 1. The Morgan fingerprint density at radius 3 is 2.61 bits per heavy atom. The lowest BCUT2D eigenvalue weighted by atomic mass is 10.1. The van der Waals surface area contributed by atoms with Crippen molar-refractivity contribution in [1.29, 1.82) is 5.26 Å². The van der Waals surface area contributed by atoms with E-state index in [-0.39, 0.29) is 17.2 Å². The van der Waals surface area contributed by atoms with Crippen molar-refractivity contribution in [1.82, 2.24) is 10.2 Å². The van der Waals surface area contributed by atoms with Crippen LogP contribution in [0.4, 0.5) is 13.2 Å². The number of amidine groups is 1. The molecular formula is C25H23F3N4O3S. The van der Waals surface area contributed by atoms with Crippen molar-refractivity contribution in [3.63, 3.8) is 0 Å². The van der Waals surface area contributed by atoms with Crippen molar-refractivity contribution in [2.45, 2.75) is 25.4 Å². The summed E-state index contributed by atoms with van der Waals surface area (Å²) < 4.78 is 45.5. The molecule has 2 saturated heterocycles. The number of hydrogen-bond acceptors (Lipinski definition) is 7. The highest BCUT2D eigenvalue weighted by atomic mass is 32.2. The van der Waals surface area contributed by atoms with Crippen LogP contribution in [0.2, 0.25) is 0 Å². The molecule has 0 bridgehead atoms. The molecule has 188 valence electrons. The van der Waals surface area contributed by atoms with E-state index in [1.165, 1.54) is 55.3 Å². The minimum atomic E-state index is -4.75. The lowest BCUT2D eigenvalue weighted by Crippen LogP contribution is -2.32. The normalized spacial score (nSPS) is 18.9. The van der Waals surface area contributed by atoms with Crippen LogP contribution in [0.3, 0.4) is 0 Å². The maximum Gasteiger partial charge on any atom is 0.420 e. The van der Waals surface area contributed by atoms with Crippen LogP contribution in [0.25, 0.3) is 6.08 Å². The highest BCUT2D eigenvalue weighted by Crippen LogP contribution is 2.41. The molecule has 36 heavy (non-hydrogen) atoms. The van der Waals surface area contributed by atoms with Crippen molar-refractivity contribution in [2.24, 2.45) is 4.99 Å². The summed E-state index contributed by atoms with van der Waals surface area (Å²) in [5.74, 6) is -1.46. The van der Waals surface area contributed by atoms with Gasteiger partial charge in [-0.15, -0.1) is 0 Å². The first-order chi connectivity index (χ1) is 17.2. The molecule has 7 nitrogen and oxygen atoms in total. The number of phenols is 1. The van der Waals surface area contributed by atoms with Crippen molar-refractivity contribution >= 4 is 28.9 Å². The third-order valence-corrected chi connectivity index (χ3v) is 6.63. The number of amides is 1. The Morgan fingerprint density at radius 2 is 1.92 bits per heavy atom. The van der Waals surface area contributed by atoms with E-state index >= 15 is 0 Å². The van der Waals surface area contributed by atoms with Crippen LogP contribution in [0.5, 0.6) is 17.2 Å². The molecule has 2 fully saturated rings. The average molecular weight is 517 g/mol. The Balaban J connectivity index is 1.44. The molecule has 1 amide bonds. The monoisotopic (exact) mass is 516 g/mol. The molecule has 0 saturated carbocycles. The second-order valence-corrected chi connectivity index (χ2v) is 9.33. The highest BCUT2D eigenvalue weighted by molar-refractivity contribution is 8.18. The van der Waals surface area contributed by atoms with Gasteiger partial charge in [0.2, 0.25) is 0 Å². The smallest absolute Gasteiger partial charge is 0.420 e. The van der Waals surface area contributed by atoms with Gasteiger partial charge < -0.3 is 20.1 Å². The van der Waals surface area contributed by atoms with Gasteiger partial charge in [0.25, 0.3) is 5.91 Å². The number of ether oxygens (including phenoxy) is 1. The number of likely N-dealkylation sites (tertiary alicyclic amines) is 1. The molecule has 2 aliphatic rings. The maximum atomic E-state index is 13.4. The summed E-state index contributed by atoms with van der Waals surface area (Å²) in [7, 11) is 0. The molecule has 0 unspecified atom stereocenters. The number of alkyl halides is 3. The summed E-state index contributed by atoms with van der Waals surface area (Å²) in [6.07, 6.45) is 0.463. The van der Waals surface area contributed by atoms with E-state index in [1.807, 2.05) is 0 Å². The summed E-state index contributed by atoms with van der Waals surface area (Å²) >= 11 is 1.19. The molecule has 0 aliphatic carbocycles. The van der Waals surface area contributed by atoms with Gasteiger partial charge in [-0.2, -0.15) is 18.4 Å². The molecule has 11 heteroatoms. The Bertz CT molecular complexity index is 1250. The van der Waals surface area contributed by atoms with Crippen LogP contribution in [0, 0.1) is 11.3 Å². The first-order valence-corrected chi connectivity index (χ1v) is 12.1. The van der Waals surface area contributed by atoms with Crippen LogP contribution in [-0.2, 0) is 11.0 Å². The van der Waals surface area contributed by atoms with Crippen LogP contribution >= 0.6 is 11.8 Å². The molecule has 2 N–H and O–H groups in total. The Morgan fingerprint density at radius 1 is 1.17 bits per heavy atom. The zero-order valence-electron chi connectivity index (χ0n) is 19.1. The Labute approximate surface area is 210 Å². The van der Waals surface area contributed by atoms with Crippen molar-refractivity contribution in [3.05, 3.63) is 58.0 Å². The summed E-state index contributed by atoms with van der Waals surface area (Å²) in [5.41, 5.74) is -0.830. The molecule has 2 heterocycles. The van der Waals surface area contributed by atoms with Crippen molar-refractivity contribution in [2.75, 3.05) is 26.2 Å². The lowest BCUT2D eigenvalue weighted by Gasteiger charge is -2.25. The maximum absolute atomic E-state index is 13.4. The summed E-state index contributed by atoms with van der Waals surface area (Å²) in [6.45, 7) is 3.56. The summed E-state index contributed by atoms with van der Waals surface area (Å²) in [5, 5.41) is 22.5. The van der Waals surface area contributed by atoms with Gasteiger partial charge in [0.05, 0.1) is 28.6 Å². The Kier molecular flexibility index (Phi) is 7.86. The number of hydrogen-bond donors (Lipinski definition) is 2. The van der Waals surface area contributed by atoms with Gasteiger partial charge in [-0.3, -0.25) is 9.79 Å². The van der Waals surface area contributed by atoms with Gasteiger partial charge in [0.15, 0.2) is 16.7 Å². The first-order valence-electron chi connectivity index (χ1n) is 11.3. The molecule has 2 aromatic rings. The van der Waals surface area contributed by atoms with Crippen molar-refractivity contribution < 1.29 is 27.8 Å². The van der Waals surface area contributed by atoms with Gasteiger partial charge >= 0.3 is 6.18 Å². The topological polar surface area (TPSA) is 98.0 Å². The molecule has 2 aromatic carbocycles. The number of carbonyl (C=O) groups excluding carboxylic acids is 1. The molecule has 4 rings (SSSR count). The Hall–Kier alpha value is -3.49. The number of phenolic OH excluding ortho intramolecular Hbond substituents is 1. The SMILES string of the molecule is N#Cc1ccc(Oc2ccc(/C=C3\SC(=NCCN4CCCCC4)NC3=O)cc2O)c(C(F)(F)F)c1. The van der Waals surface area contributed by atoms with Crippen LogP contribution in [0.15, 0.2) is 46.3 Å². The quantitative estimate of drug-likeness (QED) is 0.517. The predicted molar refractivity (Wildman–Crippen MR) is 131 cm³/mol. The fourth-order valence-corrected chi connectivity index (χ4v) is 4.71. The molecule has 0 spiro atoms. The standard InChI is InChI=1S/C25H23F3N4O3S/c26-25(27,28)18-12-17(15-29)5-6-20(18)35-21-7-4-16(13-19(21)33)14-22-23(34)31-24(36-22)30-8-11-32-9-2-1-3-10-32/h4-7,12-14,33H,1-3,8-11H2,(H,30,31,34)/b22-14-. The molecule has 2 aliphatic heterocycles. The van der Waals surface area contributed by atoms with Gasteiger partial charge in [0, 0.05) is 6.54 Å². The largest absolute Gasteiger partial charge is 0.504 e. The number of benzene rings is 2. The molecule has 0 radical (unpaired) electrons. The van der Waals surface area contributed by atoms with E-state index in [1.54, 1.807) is 12.1 Å². The number of carbonyl (C=O) groups is 1. The van der Waals surface area contributed by atoms with Gasteiger partial charge in [-0.1, -0.05) is 12.5 Å². The number of rotatable bonds is 6. The van der Waals surface area contributed by atoms with Gasteiger partial charge in [-0.05, 0) is 79.7 Å². The average Bonchev–Trinajstić information content (AvgIpc) is 3.19. The van der Waals surface area contributed by atoms with Gasteiger partial charge in [-0.25, -0.2) is 0 Å². The number of aliphatic imine (C=N–C) groups is 1. The van der Waals surface area contributed by atoms with E-state index in [2.05, 4.69) is 15.2 Å². The van der Waals surface area contributed by atoms with Crippen LogP contribution in [0.1, 0.15) is 36.0 Å². The number of thioether (sulfide) groups is 1. The summed E-state index contributed by atoms with van der Waals surface area (Å²) in [4.78, 5) is 19.5. The number of nitrogens with zero attached hydrogens (tertiary/aromatic N) is 3. The second-order valence-electron chi connectivity index (χ2n) is 8.30. The summed E-state index contributed by atoms with van der Waals surface area (Å²) in [6, 6.07) is 8.69. The van der Waals surface area contributed by atoms with Crippen LogP contribution in [-0.4, -0.2) is 47.3 Å². The minimum Gasteiger partial charge on any atom is -0.504 e. The van der Waals surface area contributed by atoms with Crippen LogP contribution < -0.4 is 10.1 Å².